The number of aromatic nitrogens is 1. The highest BCUT2D eigenvalue weighted by Gasteiger charge is 2.16. The molecule has 0 radical (unpaired) electrons. The quantitative estimate of drug-likeness (QED) is 0.834. The second-order valence-corrected chi connectivity index (χ2v) is 4.05. The molecule has 0 saturated carbocycles. The van der Waals surface area contributed by atoms with E-state index in [4.69, 9.17) is 11.0 Å². The van der Waals surface area contributed by atoms with Crippen LogP contribution in [0.1, 0.15) is 12.5 Å². The Morgan fingerprint density at radius 3 is 2.72 bits per heavy atom. The van der Waals surface area contributed by atoms with E-state index < -0.39 is 0 Å². The van der Waals surface area contributed by atoms with E-state index in [2.05, 4.69) is 4.98 Å². The van der Waals surface area contributed by atoms with Crippen molar-refractivity contribution < 1.29 is 4.79 Å². The molecule has 1 heterocycles. The molecule has 0 bridgehead atoms. The molecule has 0 aliphatic carbocycles. The fourth-order valence-corrected chi connectivity index (χ4v) is 1.45. The van der Waals surface area contributed by atoms with E-state index >= 15 is 0 Å². The number of carbonyl (C=O) groups excluding carboxylic acids is 1. The number of hydrogen-bond acceptors (Lipinski definition) is 5. The molecule has 1 aromatic heterocycles. The number of likely N-dealkylation sites (N-methyl/N-ethyl adjacent to an activating group) is 2. The van der Waals surface area contributed by atoms with Gasteiger partial charge >= 0.3 is 0 Å². The van der Waals surface area contributed by atoms with Crippen molar-refractivity contribution in [3.63, 3.8) is 0 Å². The molecule has 0 saturated heterocycles. The maximum atomic E-state index is 11.7. The standard InChI is InChI=1S/C12H17N5O/c1-4-17(8-11(18)16(2)3)12-9(6-13)5-10(14)7-15-12/h5,7H,4,8,14H2,1-3H3. The SMILES string of the molecule is CCN(CC(=O)N(C)C)c1ncc(N)cc1C#N. The van der Waals surface area contributed by atoms with Crippen LogP contribution in [0.4, 0.5) is 11.5 Å². The molecule has 2 N–H and O–H groups in total. The van der Waals surface area contributed by atoms with Crippen molar-refractivity contribution in [2.75, 3.05) is 37.8 Å². The Bertz CT molecular complexity index is 478. The number of hydrogen-bond donors (Lipinski definition) is 1. The van der Waals surface area contributed by atoms with E-state index in [1.165, 1.54) is 11.1 Å². The van der Waals surface area contributed by atoms with E-state index in [9.17, 15) is 4.79 Å². The number of amides is 1. The van der Waals surface area contributed by atoms with Crippen molar-refractivity contribution in [3.8, 4) is 6.07 Å². The fraction of sp³-hybridized carbons (Fsp3) is 0.417. The molecule has 1 rings (SSSR count). The minimum absolute atomic E-state index is 0.0423. The van der Waals surface area contributed by atoms with Crippen molar-refractivity contribution in [1.29, 1.82) is 5.26 Å². The van der Waals surface area contributed by atoms with Crippen LogP contribution < -0.4 is 10.6 Å². The predicted octanol–water partition coefficient (Wildman–Crippen LogP) is 0.450. The third kappa shape index (κ3) is 3.10. The molecule has 0 fully saturated rings. The highest BCUT2D eigenvalue weighted by molar-refractivity contribution is 5.81. The highest BCUT2D eigenvalue weighted by atomic mass is 16.2. The molecule has 96 valence electrons. The number of anilines is 2. The van der Waals surface area contributed by atoms with Gasteiger partial charge in [0.15, 0.2) is 0 Å². The maximum absolute atomic E-state index is 11.7. The summed E-state index contributed by atoms with van der Waals surface area (Å²) in [5.74, 6) is 0.448. The van der Waals surface area contributed by atoms with Gasteiger partial charge in [0.05, 0.1) is 24.0 Å². The smallest absolute Gasteiger partial charge is 0.241 e. The summed E-state index contributed by atoms with van der Waals surface area (Å²) >= 11 is 0. The van der Waals surface area contributed by atoms with Gasteiger partial charge in [-0.25, -0.2) is 4.98 Å². The Morgan fingerprint density at radius 1 is 1.56 bits per heavy atom. The minimum atomic E-state index is -0.0423. The lowest BCUT2D eigenvalue weighted by molar-refractivity contribution is -0.127. The van der Waals surface area contributed by atoms with Gasteiger partial charge in [-0.1, -0.05) is 0 Å². The van der Waals surface area contributed by atoms with Crippen LogP contribution in [0.3, 0.4) is 0 Å². The molecule has 1 amide bonds. The number of nitrogens with two attached hydrogens (primary N) is 1. The van der Waals surface area contributed by atoms with Gasteiger partial charge in [0.25, 0.3) is 0 Å². The third-order valence-electron chi connectivity index (χ3n) is 2.51. The summed E-state index contributed by atoms with van der Waals surface area (Å²) in [6.45, 7) is 2.68. The van der Waals surface area contributed by atoms with Gasteiger partial charge in [0.2, 0.25) is 5.91 Å². The van der Waals surface area contributed by atoms with Crippen LogP contribution in [-0.2, 0) is 4.79 Å². The molecular formula is C12H17N5O. The molecule has 0 spiro atoms. The summed E-state index contributed by atoms with van der Waals surface area (Å²) < 4.78 is 0. The van der Waals surface area contributed by atoms with Crippen molar-refractivity contribution in [2.45, 2.75) is 6.92 Å². The van der Waals surface area contributed by atoms with Crippen LogP contribution in [0.2, 0.25) is 0 Å². The van der Waals surface area contributed by atoms with Crippen LogP contribution >= 0.6 is 0 Å². The number of pyridine rings is 1. The lowest BCUT2D eigenvalue weighted by Gasteiger charge is -2.23. The average molecular weight is 247 g/mol. The number of rotatable bonds is 4. The van der Waals surface area contributed by atoms with E-state index in [0.717, 1.165) is 0 Å². The topological polar surface area (TPSA) is 86.2 Å². The lowest BCUT2D eigenvalue weighted by atomic mass is 10.2. The number of nitrogen functional groups attached to an aromatic ring is 1. The predicted molar refractivity (Wildman–Crippen MR) is 69.9 cm³/mol. The van der Waals surface area contributed by atoms with Gasteiger partial charge in [-0.05, 0) is 13.0 Å². The normalized spacial score (nSPS) is 9.67. The van der Waals surface area contributed by atoms with Gasteiger partial charge in [-0.15, -0.1) is 0 Å². The number of nitriles is 1. The molecule has 0 unspecified atom stereocenters. The Kier molecular flexibility index (Phi) is 4.49. The van der Waals surface area contributed by atoms with E-state index in [1.54, 1.807) is 25.1 Å². The summed E-state index contributed by atoms with van der Waals surface area (Å²) in [5, 5.41) is 9.06. The van der Waals surface area contributed by atoms with Crippen molar-refractivity contribution >= 4 is 17.4 Å². The van der Waals surface area contributed by atoms with Crippen molar-refractivity contribution in [2.24, 2.45) is 0 Å². The second-order valence-electron chi connectivity index (χ2n) is 4.05. The average Bonchev–Trinajstić information content (AvgIpc) is 2.35. The number of carbonyl (C=O) groups is 1. The number of nitrogens with zero attached hydrogens (tertiary/aromatic N) is 4. The van der Waals surface area contributed by atoms with Crippen LogP contribution in [0, 0.1) is 11.3 Å². The van der Waals surface area contributed by atoms with Crippen LogP contribution in [0.25, 0.3) is 0 Å². The summed E-state index contributed by atoms with van der Waals surface area (Å²) in [4.78, 5) is 19.1. The molecule has 0 aliphatic rings. The zero-order chi connectivity index (χ0) is 13.7. The fourth-order valence-electron chi connectivity index (χ4n) is 1.45. The zero-order valence-electron chi connectivity index (χ0n) is 10.8. The van der Waals surface area contributed by atoms with E-state index in [-0.39, 0.29) is 12.5 Å². The van der Waals surface area contributed by atoms with E-state index in [1.807, 2.05) is 13.0 Å². The van der Waals surface area contributed by atoms with Crippen LogP contribution in [0.15, 0.2) is 12.3 Å². The lowest BCUT2D eigenvalue weighted by Crippen LogP contribution is -2.37. The molecule has 6 nitrogen and oxygen atoms in total. The molecule has 1 aromatic rings. The Morgan fingerprint density at radius 2 is 2.22 bits per heavy atom. The summed E-state index contributed by atoms with van der Waals surface area (Å²) in [5.41, 5.74) is 6.40. The molecule has 18 heavy (non-hydrogen) atoms. The first kappa shape index (κ1) is 13.8. The summed E-state index contributed by atoms with van der Waals surface area (Å²) in [6.07, 6.45) is 1.49. The molecule has 0 aromatic carbocycles. The molecule has 0 atom stereocenters. The molecule has 0 aliphatic heterocycles. The van der Waals surface area contributed by atoms with Crippen molar-refractivity contribution in [1.82, 2.24) is 9.88 Å². The molecular weight excluding hydrogens is 230 g/mol. The van der Waals surface area contributed by atoms with Crippen LogP contribution in [-0.4, -0.2) is 43.0 Å². The first-order valence-corrected chi connectivity index (χ1v) is 5.60. The maximum Gasteiger partial charge on any atom is 0.241 e. The second kappa shape index (κ2) is 5.87. The van der Waals surface area contributed by atoms with Gasteiger partial charge in [-0.3, -0.25) is 4.79 Å². The van der Waals surface area contributed by atoms with Gasteiger partial charge in [0, 0.05) is 20.6 Å². The Labute approximate surface area is 107 Å². The first-order chi connectivity index (χ1) is 8.49. The summed E-state index contributed by atoms with van der Waals surface area (Å²) in [6, 6.07) is 3.61. The Balaban J connectivity index is 3.03. The third-order valence-corrected chi connectivity index (χ3v) is 2.51. The largest absolute Gasteiger partial charge is 0.397 e. The van der Waals surface area contributed by atoms with E-state index in [0.29, 0.717) is 23.6 Å². The zero-order valence-corrected chi connectivity index (χ0v) is 10.8. The van der Waals surface area contributed by atoms with Gasteiger partial charge in [0.1, 0.15) is 11.9 Å². The van der Waals surface area contributed by atoms with Crippen molar-refractivity contribution in [3.05, 3.63) is 17.8 Å². The molecule has 6 heteroatoms. The highest BCUT2D eigenvalue weighted by Crippen LogP contribution is 2.18. The first-order valence-electron chi connectivity index (χ1n) is 5.60. The minimum Gasteiger partial charge on any atom is -0.397 e. The monoisotopic (exact) mass is 247 g/mol. The summed E-state index contributed by atoms with van der Waals surface area (Å²) in [7, 11) is 3.38. The van der Waals surface area contributed by atoms with Crippen LogP contribution in [0.5, 0.6) is 0 Å². The van der Waals surface area contributed by atoms with Gasteiger partial charge in [-0.2, -0.15) is 5.26 Å². The Hall–Kier alpha value is -2.29. The van der Waals surface area contributed by atoms with Gasteiger partial charge < -0.3 is 15.5 Å².